The normalized spacial score (nSPS) is 10.1. The Balaban J connectivity index is 2.45. The first-order valence-corrected chi connectivity index (χ1v) is 3.76. The first kappa shape index (κ1) is 7.10. The van der Waals surface area contributed by atoms with Crippen LogP contribution in [-0.4, -0.2) is 4.98 Å². The summed E-state index contributed by atoms with van der Waals surface area (Å²) in [6.07, 6.45) is 0. The fraction of sp³-hybridized carbons (Fsp3) is 0. The van der Waals surface area contributed by atoms with Gasteiger partial charge in [0.25, 0.3) is 0 Å². The standard InChI is InChI=1S/C10H8FN/c11-10-7-6-9(12-10)8-4-2-1-3-5-8/h1-7,12H. The molecule has 0 fully saturated rings. The number of hydrogen-bond acceptors (Lipinski definition) is 0. The van der Waals surface area contributed by atoms with Gasteiger partial charge in [-0.2, -0.15) is 4.39 Å². The summed E-state index contributed by atoms with van der Waals surface area (Å²) in [6.45, 7) is 0. The molecule has 0 amide bonds. The lowest BCUT2D eigenvalue weighted by Gasteiger charge is -1.94. The lowest BCUT2D eigenvalue weighted by atomic mass is 10.2. The van der Waals surface area contributed by atoms with Crippen LogP contribution in [0.3, 0.4) is 0 Å². The van der Waals surface area contributed by atoms with Gasteiger partial charge in [-0.25, -0.2) is 0 Å². The predicted octanol–water partition coefficient (Wildman–Crippen LogP) is 2.82. The number of aromatic nitrogens is 1. The second-order valence-corrected chi connectivity index (χ2v) is 2.59. The smallest absolute Gasteiger partial charge is 0.191 e. The van der Waals surface area contributed by atoms with E-state index in [1.165, 1.54) is 6.07 Å². The molecule has 0 spiro atoms. The van der Waals surface area contributed by atoms with Crippen molar-refractivity contribution in [3.8, 4) is 11.3 Å². The molecule has 0 saturated heterocycles. The first-order chi connectivity index (χ1) is 5.86. The average Bonchev–Trinajstić information content (AvgIpc) is 2.54. The van der Waals surface area contributed by atoms with Gasteiger partial charge in [0.15, 0.2) is 5.95 Å². The SMILES string of the molecule is Fc1ccc(-c2ccccc2)[nH]1. The number of hydrogen-bond donors (Lipinski definition) is 1. The topological polar surface area (TPSA) is 15.8 Å². The molecule has 1 N–H and O–H groups in total. The summed E-state index contributed by atoms with van der Waals surface area (Å²) in [7, 11) is 0. The van der Waals surface area contributed by atoms with E-state index >= 15 is 0 Å². The van der Waals surface area contributed by atoms with E-state index in [1.54, 1.807) is 6.07 Å². The highest BCUT2D eigenvalue weighted by Crippen LogP contribution is 2.16. The summed E-state index contributed by atoms with van der Waals surface area (Å²) in [5.41, 5.74) is 1.81. The van der Waals surface area contributed by atoms with E-state index in [2.05, 4.69) is 4.98 Å². The second-order valence-electron chi connectivity index (χ2n) is 2.59. The molecule has 1 nitrogen and oxygen atoms in total. The van der Waals surface area contributed by atoms with Crippen LogP contribution in [0.1, 0.15) is 0 Å². The molecular formula is C10H8FN. The molecule has 2 rings (SSSR count). The van der Waals surface area contributed by atoms with E-state index in [9.17, 15) is 4.39 Å². The van der Waals surface area contributed by atoms with Crippen LogP contribution in [0.2, 0.25) is 0 Å². The van der Waals surface area contributed by atoms with E-state index in [-0.39, 0.29) is 5.95 Å². The first-order valence-electron chi connectivity index (χ1n) is 3.76. The van der Waals surface area contributed by atoms with E-state index in [0.29, 0.717) is 0 Å². The predicted molar refractivity (Wildman–Crippen MR) is 46.2 cm³/mol. The molecule has 0 aliphatic heterocycles. The van der Waals surface area contributed by atoms with Gasteiger partial charge in [-0.1, -0.05) is 30.3 Å². The van der Waals surface area contributed by atoms with E-state index in [1.807, 2.05) is 30.3 Å². The van der Waals surface area contributed by atoms with Crippen LogP contribution < -0.4 is 0 Å². The number of H-pyrrole nitrogens is 1. The largest absolute Gasteiger partial charge is 0.331 e. The van der Waals surface area contributed by atoms with E-state index < -0.39 is 0 Å². The van der Waals surface area contributed by atoms with Gasteiger partial charge in [0.2, 0.25) is 0 Å². The van der Waals surface area contributed by atoms with Crippen LogP contribution in [0.5, 0.6) is 0 Å². The van der Waals surface area contributed by atoms with Crippen LogP contribution >= 0.6 is 0 Å². The molecule has 0 saturated carbocycles. The summed E-state index contributed by atoms with van der Waals surface area (Å²) in [5, 5.41) is 0. The fourth-order valence-electron chi connectivity index (χ4n) is 1.15. The molecule has 0 aliphatic carbocycles. The zero-order valence-electron chi connectivity index (χ0n) is 6.42. The minimum absolute atomic E-state index is 0.297. The summed E-state index contributed by atoms with van der Waals surface area (Å²) < 4.78 is 12.6. The fourth-order valence-corrected chi connectivity index (χ4v) is 1.15. The maximum Gasteiger partial charge on any atom is 0.191 e. The Labute approximate surface area is 69.9 Å². The molecule has 0 bridgehead atoms. The highest BCUT2D eigenvalue weighted by Gasteiger charge is 1.98. The molecule has 2 heteroatoms. The van der Waals surface area contributed by atoms with Crippen LogP contribution in [0.15, 0.2) is 42.5 Å². The Morgan fingerprint density at radius 1 is 0.917 bits per heavy atom. The van der Waals surface area contributed by atoms with Crippen molar-refractivity contribution in [2.45, 2.75) is 0 Å². The highest BCUT2D eigenvalue weighted by atomic mass is 19.1. The minimum atomic E-state index is -0.297. The highest BCUT2D eigenvalue weighted by molar-refractivity contribution is 5.58. The van der Waals surface area contributed by atoms with E-state index in [0.717, 1.165) is 11.3 Å². The molecule has 2 aromatic rings. The average molecular weight is 161 g/mol. The Kier molecular flexibility index (Phi) is 1.67. The Bertz CT molecular complexity index is 364. The monoisotopic (exact) mass is 161 g/mol. The maximum absolute atomic E-state index is 12.6. The van der Waals surface area contributed by atoms with Gasteiger partial charge in [-0.05, 0) is 17.7 Å². The van der Waals surface area contributed by atoms with Gasteiger partial charge in [-0.3, -0.25) is 0 Å². The maximum atomic E-state index is 12.6. The van der Waals surface area contributed by atoms with Gasteiger partial charge < -0.3 is 4.98 Å². The van der Waals surface area contributed by atoms with Crippen molar-refractivity contribution >= 4 is 0 Å². The third-order valence-electron chi connectivity index (χ3n) is 1.74. The molecular weight excluding hydrogens is 153 g/mol. The van der Waals surface area contributed by atoms with Crippen LogP contribution in [0.25, 0.3) is 11.3 Å². The van der Waals surface area contributed by atoms with Crippen molar-refractivity contribution in [1.82, 2.24) is 4.98 Å². The molecule has 0 aliphatic rings. The van der Waals surface area contributed by atoms with Crippen molar-refractivity contribution in [3.05, 3.63) is 48.4 Å². The van der Waals surface area contributed by atoms with Crippen molar-refractivity contribution in [3.63, 3.8) is 0 Å². The van der Waals surface area contributed by atoms with Gasteiger partial charge in [0.1, 0.15) is 0 Å². The molecule has 0 atom stereocenters. The molecule has 1 aromatic carbocycles. The van der Waals surface area contributed by atoms with Gasteiger partial charge >= 0.3 is 0 Å². The Morgan fingerprint density at radius 3 is 2.25 bits per heavy atom. The molecule has 1 aromatic heterocycles. The summed E-state index contributed by atoms with van der Waals surface area (Å²) in [6, 6.07) is 12.8. The van der Waals surface area contributed by atoms with Gasteiger partial charge in [-0.15, -0.1) is 0 Å². The van der Waals surface area contributed by atoms with Crippen LogP contribution in [-0.2, 0) is 0 Å². The van der Waals surface area contributed by atoms with Crippen molar-refractivity contribution in [2.75, 3.05) is 0 Å². The second kappa shape index (κ2) is 2.81. The van der Waals surface area contributed by atoms with Crippen LogP contribution in [0, 0.1) is 5.95 Å². The number of halogens is 1. The lowest BCUT2D eigenvalue weighted by Crippen LogP contribution is -1.76. The molecule has 0 radical (unpaired) electrons. The zero-order valence-corrected chi connectivity index (χ0v) is 6.42. The Morgan fingerprint density at radius 2 is 1.67 bits per heavy atom. The lowest BCUT2D eigenvalue weighted by molar-refractivity contribution is 0.592. The number of benzene rings is 1. The third kappa shape index (κ3) is 1.23. The molecule has 1 heterocycles. The summed E-state index contributed by atoms with van der Waals surface area (Å²) >= 11 is 0. The summed E-state index contributed by atoms with van der Waals surface area (Å²) in [4.78, 5) is 2.63. The van der Waals surface area contributed by atoms with Crippen LogP contribution in [0.4, 0.5) is 4.39 Å². The number of aromatic amines is 1. The van der Waals surface area contributed by atoms with Crippen molar-refractivity contribution in [2.24, 2.45) is 0 Å². The van der Waals surface area contributed by atoms with E-state index in [4.69, 9.17) is 0 Å². The third-order valence-corrected chi connectivity index (χ3v) is 1.74. The minimum Gasteiger partial charge on any atom is -0.331 e. The summed E-state index contributed by atoms with van der Waals surface area (Å²) in [5.74, 6) is -0.297. The molecule has 0 unspecified atom stereocenters. The van der Waals surface area contributed by atoms with Crippen molar-refractivity contribution < 1.29 is 4.39 Å². The zero-order chi connectivity index (χ0) is 8.39. The molecule has 12 heavy (non-hydrogen) atoms. The molecule has 60 valence electrons. The number of nitrogens with one attached hydrogen (secondary N) is 1. The van der Waals surface area contributed by atoms with Gasteiger partial charge in [0.05, 0.1) is 0 Å². The Hall–Kier alpha value is -1.57. The number of rotatable bonds is 1. The van der Waals surface area contributed by atoms with Crippen molar-refractivity contribution in [1.29, 1.82) is 0 Å². The quantitative estimate of drug-likeness (QED) is 0.662. The van der Waals surface area contributed by atoms with Gasteiger partial charge in [0, 0.05) is 5.69 Å².